The van der Waals surface area contributed by atoms with Crippen molar-refractivity contribution in [2.75, 3.05) is 13.1 Å². The molecule has 1 fully saturated rings. The molecular formula is C21H26N4O4S. The Bertz CT molecular complexity index is 967. The Morgan fingerprint density at radius 1 is 1.20 bits per heavy atom. The number of aromatic nitrogens is 1. The van der Waals surface area contributed by atoms with E-state index in [2.05, 4.69) is 15.6 Å². The second kappa shape index (κ2) is 9.82. The van der Waals surface area contributed by atoms with Crippen molar-refractivity contribution in [1.29, 1.82) is 0 Å². The number of benzene rings is 1. The molecule has 30 heavy (non-hydrogen) atoms. The van der Waals surface area contributed by atoms with E-state index in [-0.39, 0.29) is 23.3 Å². The molecule has 2 aromatic rings. The van der Waals surface area contributed by atoms with Crippen LogP contribution in [0.5, 0.6) is 0 Å². The summed E-state index contributed by atoms with van der Waals surface area (Å²) in [5.74, 6) is -1.12. The number of hydrogen-bond donors (Lipinski definition) is 2. The first-order valence-electron chi connectivity index (χ1n) is 9.90. The van der Waals surface area contributed by atoms with E-state index in [4.69, 9.17) is 0 Å². The first-order valence-corrected chi connectivity index (χ1v) is 11.3. The summed E-state index contributed by atoms with van der Waals surface area (Å²) in [5, 5.41) is 5.47. The summed E-state index contributed by atoms with van der Waals surface area (Å²) >= 11 is 0. The summed E-state index contributed by atoms with van der Waals surface area (Å²) in [6.07, 6.45) is 4.48. The van der Waals surface area contributed by atoms with Crippen molar-refractivity contribution < 1.29 is 18.0 Å². The van der Waals surface area contributed by atoms with Crippen molar-refractivity contribution in [3.05, 3.63) is 60.4 Å². The van der Waals surface area contributed by atoms with Gasteiger partial charge in [0.2, 0.25) is 21.8 Å². The number of sulfonamides is 1. The Labute approximate surface area is 176 Å². The molecule has 1 aliphatic heterocycles. The topological polar surface area (TPSA) is 108 Å². The van der Waals surface area contributed by atoms with Crippen LogP contribution in [0.2, 0.25) is 0 Å². The molecular weight excluding hydrogens is 404 g/mol. The highest BCUT2D eigenvalue weighted by Gasteiger charge is 2.34. The lowest BCUT2D eigenvalue weighted by Gasteiger charge is -2.31. The third-order valence-electron chi connectivity index (χ3n) is 5.08. The monoisotopic (exact) mass is 430 g/mol. The third-order valence-corrected chi connectivity index (χ3v) is 6.96. The van der Waals surface area contributed by atoms with Gasteiger partial charge in [-0.15, -0.1) is 0 Å². The number of amides is 2. The molecule has 1 saturated heterocycles. The molecule has 0 saturated carbocycles. The van der Waals surface area contributed by atoms with E-state index in [9.17, 15) is 18.0 Å². The molecule has 1 unspecified atom stereocenters. The van der Waals surface area contributed by atoms with Crippen LogP contribution in [0.15, 0.2) is 59.8 Å². The minimum Gasteiger partial charge on any atom is -0.350 e. The maximum atomic E-state index is 12.8. The molecule has 2 atom stereocenters. The fraction of sp³-hybridized carbons (Fsp3) is 0.381. The van der Waals surface area contributed by atoms with Crippen molar-refractivity contribution >= 4 is 21.8 Å². The van der Waals surface area contributed by atoms with Crippen LogP contribution in [0.4, 0.5) is 0 Å². The standard InChI is InChI=1S/C21H26N4O4S/c1-16(20(26)23-14-17-7-5-11-22-13-17)24-21(27)18-8-6-12-25(15-18)30(28,29)19-9-3-2-4-10-19/h2-5,7,9-11,13,16,18H,6,8,12,14-15H2,1H3,(H,23,26)(H,24,27)/t16-,18?/m0/s1. The lowest BCUT2D eigenvalue weighted by Crippen LogP contribution is -2.50. The summed E-state index contributed by atoms with van der Waals surface area (Å²) < 4.78 is 27.0. The van der Waals surface area contributed by atoms with E-state index in [0.717, 1.165) is 5.56 Å². The highest BCUT2D eigenvalue weighted by molar-refractivity contribution is 7.89. The minimum absolute atomic E-state index is 0.104. The highest BCUT2D eigenvalue weighted by Crippen LogP contribution is 2.23. The predicted molar refractivity (Wildman–Crippen MR) is 112 cm³/mol. The van der Waals surface area contributed by atoms with Gasteiger partial charge in [-0.25, -0.2) is 8.42 Å². The fourth-order valence-electron chi connectivity index (χ4n) is 3.36. The predicted octanol–water partition coefficient (Wildman–Crippen LogP) is 1.30. The van der Waals surface area contributed by atoms with Gasteiger partial charge in [-0.3, -0.25) is 14.6 Å². The number of pyridine rings is 1. The van der Waals surface area contributed by atoms with Gasteiger partial charge in [0.05, 0.1) is 10.8 Å². The second-order valence-corrected chi connectivity index (χ2v) is 9.26. The van der Waals surface area contributed by atoms with Crippen LogP contribution in [0, 0.1) is 5.92 Å². The molecule has 0 aliphatic carbocycles. The summed E-state index contributed by atoms with van der Waals surface area (Å²) in [4.78, 5) is 29.2. The number of hydrogen-bond acceptors (Lipinski definition) is 5. The van der Waals surface area contributed by atoms with Crippen molar-refractivity contribution in [1.82, 2.24) is 19.9 Å². The average molecular weight is 431 g/mol. The van der Waals surface area contributed by atoms with Crippen LogP contribution in [0.3, 0.4) is 0 Å². The SMILES string of the molecule is C[C@H](NC(=O)C1CCCN(S(=O)(=O)c2ccccc2)C1)C(=O)NCc1cccnc1. The summed E-state index contributed by atoms with van der Waals surface area (Å²) in [6, 6.07) is 11.1. The molecule has 1 aromatic heterocycles. The smallest absolute Gasteiger partial charge is 0.243 e. The van der Waals surface area contributed by atoms with Crippen molar-refractivity contribution in [2.45, 2.75) is 37.2 Å². The Balaban J connectivity index is 1.55. The van der Waals surface area contributed by atoms with Crippen LogP contribution in [-0.4, -0.2) is 48.7 Å². The fourth-order valence-corrected chi connectivity index (χ4v) is 4.90. The van der Waals surface area contributed by atoms with Gasteiger partial charge in [-0.1, -0.05) is 24.3 Å². The zero-order chi connectivity index (χ0) is 21.6. The first-order chi connectivity index (χ1) is 14.4. The van der Waals surface area contributed by atoms with Crippen LogP contribution >= 0.6 is 0 Å². The van der Waals surface area contributed by atoms with Gasteiger partial charge in [0.1, 0.15) is 6.04 Å². The molecule has 8 nitrogen and oxygen atoms in total. The van der Waals surface area contributed by atoms with Gasteiger partial charge in [0.25, 0.3) is 0 Å². The molecule has 1 aliphatic rings. The minimum atomic E-state index is -3.64. The Morgan fingerprint density at radius 3 is 2.67 bits per heavy atom. The summed E-state index contributed by atoms with van der Waals surface area (Å²) in [5.41, 5.74) is 0.860. The quantitative estimate of drug-likeness (QED) is 0.688. The van der Waals surface area contributed by atoms with E-state index in [1.54, 1.807) is 55.7 Å². The largest absolute Gasteiger partial charge is 0.350 e. The van der Waals surface area contributed by atoms with Gasteiger partial charge in [0, 0.05) is 32.0 Å². The molecule has 0 radical (unpaired) electrons. The number of carbonyl (C=O) groups is 2. The Kier molecular flexibility index (Phi) is 7.17. The number of nitrogens with one attached hydrogen (secondary N) is 2. The summed E-state index contributed by atoms with van der Waals surface area (Å²) in [7, 11) is -3.64. The molecule has 2 N–H and O–H groups in total. The lowest BCUT2D eigenvalue weighted by molar-refractivity contribution is -0.131. The van der Waals surface area contributed by atoms with Crippen molar-refractivity contribution in [3.8, 4) is 0 Å². The van der Waals surface area contributed by atoms with Crippen molar-refractivity contribution in [2.24, 2.45) is 5.92 Å². The molecule has 0 bridgehead atoms. The number of nitrogens with zero attached hydrogens (tertiary/aromatic N) is 2. The average Bonchev–Trinajstić information content (AvgIpc) is 2.78. The second-order valence-electron chi connectivity index (χ2n) is 7.32. The third kappa shape index (κ3) is 5.43. The van der Waals surface area contributed by atoms with Gasteiger partial charge in [-0.2, -0.15) is 4.31 Å². The number of piperidine rings is 1. The Hall–Kier alpha value is -2.78. The van der Waals surface area contributed by atoms with Crippen LogP contribution in [-0.2, 0) is 26.2 Å². The highest BCUT2D eigenvalue weighted by atomic mass is 32.2. The van der Waals surface area contributed by atoms with Crippen LogP contribution < -0.4 is 10.6 Å². The van der Waals surface area contributed by atoms with E-state index in [1.165, 1.54) is 4.31 Å². The Morgan fingerprint density at radius 2 is 1.97 bits per heavy atom. The van der Waals surface area contributed by atoms with E-state index < -0.39 is 22.0 Å². The normalized spacial score (nSPS) is 18.4. The van der Waals surface area contributed by atoms with Crippen LogP contribution in [0.25, 0.3) is 0 Å². The molecule has 2 amide bonds. The molecule has 160 valence electrons. The van der Waals surface area contributed by atoms with E-state index in [0.29, 0.717) is 25.9 Å². The maximum absolute atomic E-state index is 12.8. The van der Waals surface area contributed by atoms with E-state index >= 15 is 0 Å². The first kappa shape index (κ1) is 21.9. The van der Waals surface area contributed by atoms with Gasteiger partial charge < -0.3 is 10.6 Å². The number of rotatable bonds is 7. The molecule has 9 heteroatoms. The number of carbonyl (C=O) groups excluding carboxylic acids is 2. The zero-order valence-electron chi connectivity index (χ0n) is 16.8. The molecule has 2 heterocycles. The van der Waals surface area contributed by atoms with Gasteiger partial charge in [0.15, 0.2) is 0 Å². The van der Waals surface area contributed by atoms with Gasteiger partial charge >= 0.3 is 0 Å². The van der Waals surface area contributed by atoms with E-state index in [1.807, 2.05) is 6.07 Å². The lowest BCUT2D eigenvalue weighted by atomic mass is 9.98. The van der Waals surface area contributed by atoms with Gasteiger partial charge in [-0.05, 0) is 43.5 Å². The maximum Gasteiger partial charge on any atom is 0.243 e. The molecule has 3 rings (SSSR count). The molecule has 1 aromatic carbocycles. The van der Waals surface area contributed by atoms with Crippen LogP contribution in [0.1, 0.15) is 25.3 Å². The molecule has 0 spiro atoms. The van der Waals surface area contributed by atoms with Crippen molar-refractivity contribution in [3.63, 3.8) is 0 Å². The summed E-state index contributed by atoms with van der Waals surface area (Å²) in [6.45, 7) is 2.41. The zero-order valence-corrected chi connectivity index (χ0v) is 17.6.